The third-order valence-electron chi connectivity index (χ3n) is 2.56. The largest absolute Gasteiger partial charge is 0.289 e. The van der Waals surface area contributed by atoms with Crippen LogP contribution in [0.2, 0.25) is 0 Å². The van der Waals surface area contributed by atoms with Crippen LogP contribution < -0.4 is 0 Å². The van der Waals surface area contributed by atoms with E-state index in [1.54, 1.807) is 0 Å². The molecule has 0 saturated carbocycles. The number of carbonyl (C=O) groups excluding carboxylic acids is 1. The van der Waals surface area contributed by atoms with Crippen LogP contribution in [0, 0.1) is 6.92 Å². The van der Waals surface area contributed by atoms with Crippen LogP contribution in [0.15, 0.2) is 49.1 Å². The number of benzene rings is 2. The summed E-state index contributed by atoms with van der Waals surface area (Å²) in [6, 6.07) is 11.8. The number of ketones is 1. The van der Waals surface area contributed by atoms with E-state index in [9.17, 15) is 4.79 Å². The number of carbonyl (C=O) groups is 1. The summed E-state index contributed by atoms with van der Waals surface area (Å²) < 4.78 is 0. The minimum Gasteiger partial charge on any atom is -0.289 e. The van der Waals surface area contributed by atoms with Crippen molar-refractivity contribution in [2.45, 2.75) is 6.92 Å². The molecule has 0 aromatic heterocycles. The monoisotopic (exact) mass is 196 g/mol. The second kappa shape index (κ2) is 3.70. The summed E-state index contributed by atoms with van der Waals surface area (Å²) in [7, 11) is 0. The lowest BCUT2D eigenvalue weighted by Crippen LogP contribution is -1.96. The molecular formula is C14H12O. The van der Waals surface area contributed by atoms with Crippen LogP contribution in [0.1, 0.15) is 15.9 Å². The van der Waals surface area contributed by atoms with Gasteiger partial charge >= 0.3 is 0 Å². The van der Waals surface area contributed by atoms with Crippen LogP contribution in [0.5, 0.6) is 0 Å². The average molecular weight is 196 g/mol. The van der Waals surface area contributed by atoms with Gasteiger partial charge in [-0.1, -0.05) is 43.0 Å². The predicted octanol–water partition coefficient (Wildman–Crippen LogP) is 3.52. The lowest BCUT2D eigenvalue weighted by Gasteiger charge is -2.06. The summed E-state index contributed by atoms with van der Waals surface area (Å²) in [5.74, 6) is -0.0186. The summed E-state index contributed by atoms with van der Waals surface area (Å²) in [5, 5.41) is 2.13. The zero-order chi connectivity index (χ0) is 10.8. The second-order valence-electron chi connectivity index (χ2n) is 3.55. The molecule has 2 aromatic carbocycles. The van der Waals surface area contributed by atoms with E-state index in [1.807, 2.05) is 43.3 Å². The summed E-state index contributed by atoms with van der Waals surface area (Å²) in [4.78, 5) is 11.7. The van der Waals surface area contributed by atoms with Crippen molar-refractivity contribution in [2.24, 2.45) is 0 Å². The molecule has 0 spiro atoms. The third-order valence-corrected chi connectivity index (χ3v) is 2.56. The molecule has 2 aromatic rings. The summed E-state index contributed by atoms with van der Waals surface area (Å²) in [5.41, 5.74) is 1.86. The molecule has 2 rings (SSSR count). The summed E-state index contributed by atoms with van der Waals surface area (Å²) in [6.07, 6.45) is 1.36. The van der Waals surface area contributed by atoms with Gasteiger partial charge in [0, 0.05) is 5.56 Å². The van der Waals surface area contributed by atoms with Gasteiger partial charge in [0.15, 0.2) is 5.78 Å². The smallest absolute Gasteiger partial charge is 0.185 e. The molecule has 15 heavy (non-hydrogen) atoms. The lowest BCUT2D eigenvalue weighted by molar-refractivity contribution is 0.104. The van der Waals surface area contributed by atoms with Gasteiger partial charge in [-0.15, -0.1) is 0 Å². The fourth-order valence-corrected chi connectivity index (χ4v) is 1.84. The van der Waals surface area contributed by atoms with Crippen molar-refractivity contribution in [3.05, 3.63) is 60.2 Å². The van der Waals surface area contributed by atoms with Crippen LogP contribution in [-0.2, 0) is 0 Å². The molecule has 0 amide bonds. The highest BCUT2D eigenvalue weighted by Gasteiger charge is 2.07. The lowest BCUT2D eigenvalue weighted by atomic mass is 9.97. The highest BCUT2D eigenvalue weighted by Crippen LogP contribution is 2.22. The number of hydrogen-bond acceptors (Lipinski definition) is 1. The Morgan fingerprint density at radius 3 is 2.53 bits per heavy atom. The maximum absolute atomic E-state index is 11.7. The molecule has 0 aliphatic carbocycles. The van der Waals surface area contributed by atoms with Gasteiger partial charge in [-0.2, -0.15) is 0 Å². The average Bonchev–Trinajstić information content (AvgIpc) is 2.28. The Kier molecular flexibility index (Phi) is 2.38. The van der Waals surface area contributed by atoms with E-state index in [4.69, 9.17) is 0 Å². The Labute approximate surface area is 89.0 Å². The third kappa shape index (κ3) is 1.57. The molecule has 0 aliphatic heterocycles. The van der Waals surface area contributed by atoms with Crippen molar-refractivity contribution in [3.63, 3.8) is 0 Å². The zero-order valence-corrected chi connectivity index (χ0v) is 8.66. The van der Waals surface area contributed by atoms with E-state index < -0.39 is 0 Å². The highest BCUT2D eigenvalue weighted by molar-refractivity contribution is 6.13. The Bertz CT molecular complexity index is 533. The zero-order valence-electron chi connectivity index (χ0n) is 8.66. The van der Waals surface area contributed by atoms with Crippen LogP contribution in [0.4, 0.5) is 0 Å². The molecule has 0 unspecified atom stereocenters. The molecule has 1 heteroatoms. The van der Waals surface area contributed by atoms with Gasteiger partial charge in [0.2, 0.25) is 0 Å². The molecule has 0 atom stereocenters. The van der Waals surface area contributed by atoms with E-state index in [2.05, 4.69) is 6.58 Å². The van der Waals surface area contributed by atoms with Gasteiger partial charge in [-0.05, 0) is 29.3 Å². The minimum absolute atomic E-state index is 0.0186. The maximum atomic E-state index is 11.7. The van der Waals surface area contributed by atoms with Crippen LogP contribution >= 0.6 is 0 Å². The fourth-order valence-electron chi connectivity index (χ4n) is 1.84. The van der Waals surface area contributed by atoms with Crippen LogP contribution in [-0.4, -0.2) is 5.78 Å². The van der Waals surface area contributed by atoms with Gasteiger partial charge in [-0.3, -0.25) is 4.79 Å². The van der Waals surface area contributed by atoms with Crippen molar-refractivity contribution < 1.29 is 4.79 Å². The van der Waals surface area contributed by atoms with Crippen LogP contribution in [0.25, 0.3) is 10.8 Å². The number of rotatable bonds is 2. The van der Waals surface area contributed by atoms with Gasteiger partial charge in [0.1, 0.15) is 0 Å². The SMILES string of the molecule is C=CC(=O)c1cccc2cccc(C)c12. The first kappa shape index (κ1) is 9.66. The molecular weight excluding hydrogens is 184 g/mol. The molecule has 0 radical (unpaired) electrons. The Hall–Kier alpha value is -1.89. The van der Waals surface area contributed by atoms with Crippen LogP contribution in [0.3, 0.4) is 0 Å². The number of fused-ring (bicyclic) bond motifs is 1. The topological polar surface area (TPSA) is 17.1 Å². The van der Waals surface area contributed by atoms with Crippen molar-refractivity contribution >= 4 is 16.6 Å². The Balaban J connectivity index is 2.85. The standard InChI is InChI=1S/C14H12O/c1-3-13(15)12-9-5-8-11-7-4-6-10(2)14(11)12/h3-9H,1H2,2H3. The van der Waals surface area contributed by atoms with E-state index in [0.717, 1.165) is 21.9 Å². The Morgan fingerprint density at radius 1 is 1.20 bits per heavy atom. The van der Waals surface area contributed by atoms with E-state index in [1.165, 1.54) is 6.08 Å². The molecule has 0 saturated heterocycles. The number of allylic oxidation sites excluding steroid dienone is 1. The maximum Gasteiger partial charge on any atom is 0.185 e. The fraction of sp³-hybridized carbons (Fsp3) is 0.0714. The van der Waals surface area contributed by atoms with Crippen molar-refractivity contribution in [1.29, 1.82) is 0 Å². The first-order valence-electron chi connectivity index (χ1n) is 4.89. The summed E-state index contributed by atoms with van der Waals surface area (Å²) >= 11 is 0. The highest BCUT2D eigenvalue weighted by atomic mass is 16.1. The van der Waals surface area contributed by atoms with Crippen molar-refractivity contribution in [2.75, 3.05) is 0 Å². The quantitative estimate of drug-likeness (QED) is 0.530. The molecule has 0 heterocycles. The molecule has 0 aliphatic rings. The summed E-state index contributed by atoms with van der Waals surface area (Å²) in [6.45, 7) is 5.54. The van der Waals surface area contributed by atoms with E-state index >= 15 is 0 Å². The number of aryl methyl sites for hydroxylation is 1. The predicted molar refractivity (Wildman–Crippen MR) is 63.2 cm³/mol. The first-order valence-corrected chi connectivity index (χ1v) is 4.89. The molecule has 0 fully saturated rings. The molecule has 0 bridgehead atoms. The molecule has 0 N–H and O–H groups in total. The van der Waals surface area contributed by atoms with Gasteiger partial charge in [0.25, 0.3) is 0 Å². The van der Waals surface area contributed by atoms with E-state index in [-0.39, 0.29) is 5.78 Å². The second-order valence-corrected chi connectivity index (χ2v) is 3.55. The Morgan fingerprint density at radius 2 is 1.87 bits per heavy atom. The van der Waals surface area contributed by atoms with E-state index in [0.29, 0.717) is 0 Å². The van der Waals surface area contributed by atoms with Crippen molar-refractivity contribution in [3.8, 4) is 0 Å². The minimum atomic E-state index is -0.0186. The molecule has 74 valence electrons. The first-order chi connectivity index (χ1) is 7.24. The number of hydrogen-bond donors (Lipinski definition) is 0. The normalized spacial score (nSPS) is 10.2. The van der Waals surface area contributed by atoms with Gasteiger partial charge in [-0.25, -0.2) is 0 Å². The van der Waals surface area contributed by atoms with Crippen molar-refractivity contribution in [1.82, 2.24) is 0 Å². The molecule has 1 nitrogen and oxygen atoms in total. The van der Waals surface area contributed by atoms with Gasteiger partial charge in [0.05, 0.1) is 0 Å². The van der Waals surface area contributed by atoms with Gasteiger partial charge < -0.3 is 0 Å².